The number of carboxylic acids is 1. The highest BCUT2D eigenvalue weighted by atomic mass is 79.9. The summed E-state index contributed by atoms with van der Waals surface area (Å²) in [6.07, 6.45) is 0. The van der Waals surface area contributed by atoms with Crippen molar-refractivity contribution >= 4 is 43.5 Å². The Hall–Kier alpha value is -0.630. The minimum Gasteiger partial charge on any atom is -0.480 e. The van der Waals surface area contributed by atoms with Crippen LogP contribution in [0.4, 0.5) is 0 Å². The van der Waals surface area contributed by atoms with E-state index in [4.69, 9.17) is 16.7 Å². The number of hydrogen-bond donors (Lipinski definition) is 2. The molecule has 0 aliphatic rings. The summed E-state index contributed by atoms with van der Waals surface area (Å²) in [5.74, 6) is -1.25. The van der Waals surface area contributed by atoms with Crippen LogP contribution in [0.2, 0.25) is 5.02 Å². The molecule has 0 unspecified atom stereocenters. The molecule has 0 saturated heterocycles. The number of sulfonamides is 1. The van der Waals surface area contributed by atoms with E-state index in [2.05, 4.69) is 15.9 Å². The van der Waals surface area contributed by atoms with Gasteiger partial charge in [-0.3, -0.25) is 4.79 Å². The quantitative estimate of drug-likeness (QED) is 0.875. The van der Waals surface area contributed by atoms with E-state index in [0.29, 0.717) is 9.50 Å². The van der Waals surface area contributed by atoms with Gasteiger partial charge in [0.05, 0.1) is 9.92 Å². The lowest BCUT2D eigenvalue weighted by atomic mass is 10.4. The molecular weight excluding hydrogens is 334 g/mol. The van der Waals surface area contributed by atoms with Gasteiger partial charge in [0.2, 0.25) is 10.0 Å². The van der Waals surface area contributed by atoms with Crippen molar-refractivity contribution in [1.29, 1.82) is 0 Å². The van der Waals surface area contributed by atoms with Crippen LogP contribution in [0.1, 0.15) is 6.92 Å². The molecule has 1 aromatic rings. The molecular formula is C9H9BrClNO4S. The zero-order valence-electron chi connectivity index (χ0n) is 8.65. The number of carbonyl (C=O) groups is 1. The van der Waals surface area contributed by atoms with Crippen LogP contribution in [-0.2, 0) is 14.8 Å². The molecule has 0 bridgehead atoms. The summed E-state index contributed by atoms with van der Waals surface area (Å²) in [5.41, 5.74) is 0. The molecule has 5 nitrogen and oxygen atoms in total. The molecule has 0 spiro atoms. The van der Waals surface area contributed by atoms with E-state index in [1.807, 2.05) is 4.72 Å². The molecule has 1 aromatic carbocycles. The van der Waals surface area contributed by atoms with Crippen molar-refractivity contribution < 1.29 is 18.3 Å². The number of carboxylic acid groups (broad SMARTS) is 1. The molecule has 0 aromatic heterocycles. The number of aliphatic carboxylic acids is 1. The normalized spacial score (nSPS) is 13.4. The number of hydrogen-bond acceptors (Lipinski definition) is 3. The maximum absolute atomic E-state index is 11.8. The molecule has 0 amide bonds. The van der Waals surface area contributed by atoms with E-state index in [-0.39, 0.29) is 4.90 Å². The minimum atomic E-state index is -3.86. The van der Waals surface area contributed by atoms with E-state index in [1.165, 1.54) is 25.1 Å². The SMILES string of the molecule is C[C@@H](NS(=O)(=O)c1ccc(Cl)c(Br)c1)C(=O)O. The second-order valence-electron chi connectivity index (χ2n) is 3.26. The molecule has 0 fully saturated rings. The molecule has 0 heterocycles. The molecule has 1 atom stereocenters. The average Bonchev–Trinajstić information content (AvgIpc) is 2.21. The van der Waals surface area contributed by atoms with E-state index >= 15 is 0 Å². The van der Waals surface area contributed by atoms with Gasteiger partial charge in [0, 0.05) is 4.47 Å². The smallest absolute Gasteiger partial charge is 0.321 e. The number of benzene rings is 1. The zero-order valence-corrected chi connectivity index (χ0v) is 11.8. The van der Waals surface area contributed by atoms with Crippen LogP contribution in [0.15, 0.2) is 27.6 Å². The highest BCUT2D eigenvalue weighted by Gasteiger charge is 2.21. The van der Waals surface area contributed by atoms with E-state index < -0.39 is 22.0 Å². The van der Waals surface area contributed by atoms with Gasteiger partial charge in [0.25, 0.3) is 0 Å². The second-order valence-corrected chi connectivity index (χ2v) is 6.23. The van der Waals surface area contributed by atoms with Gasteiger partial charge in [-0.2, -0.15) is 4.72 Å². The van der Waals surface area contributed by atoms with E-state index in [9.17, 15) is 13.2 Å². The van der Waals surface area contributed by atoms with Crippen molar-refractivity contribution in [3.05, 3.63) is 27.7 Å². The highest BCUT2D eigenvalue weighted by molar-refractivity contribution is 9.10. The van der Waals surface area contributed by atoms with Crippen molar-refractivity contribution in [2.45, 2.75) is 17.9 Å². The minimum absolute atomic E-state index is 0.0538. The molecule has 0 aliphatic carbocycles. The van der Waals surface area contributed by atoms with Crippen LogP contribution >= 0.6 is 27.5 Å². The number of rotatable bonds is 4. The van der Waals surface area contributed by atoms with Gasteiger partial charge in [-0.05, 0) is 41.1 Å². The summed E-state index contributed by atoms with van der Waals surface area (Å²) < 4.78 is 26.0. The Morgan fingerprint density at radius 3 is 2.59 bits per heavy atom. The first-order chi connectivity index (χ1) is 7.74. The van der Waals surface area contributed by atoms with Gasteiger partial charge < -0.3 is 5.11 Å². The van der Waals surface area contributed by atoms with Crippen LogP contribution < -0.4 is 4.72 Å². The van der Waals surface area contributed by atoms with Crippen LogP contribution in [0.25, 0.3) is 0 Å². The van der Waals surface area contributed by atoms with E-state index in [0.717, 1.165) is 0 Å². The molecule has 0 radical (unpaired) electrons. The Morgan fingerprint density at radius 2 is 2.12 bits per heavy atom. The molecule has 0 saturated carbocycles. The van der Waals surface area contributed by atoms with Crippen molar-refractivity contribution in [1.82, 2.24) is 4.72 Å². The highest BCUT2D eigenvalue weighted by Crippen LogP contribution is 2.25. The zero-order chi connectivity index (χ0) is 13.2. The first-order valence-electron chi connectivity index (χ1n) is 4.44. The van der Waals surface area contributed by atoms with Crippen molar-refractivity contribution in [3.8, 4) is 0 Å². The fraction of sp³-hybridized carbons (Fsp3) is 0.222. The van der Waals surface area contributed by atoms with Gasteiger partial charge in [-0.1, -0.05) is 11.6 Å². The first kappa shape index (κ1) is 14.4. The third-order valence-electron chi connectivity index (χ3n) is 1.90. The average molecular weight is 343 g/mol. The third-order valence-corrected chi connectivity index (χ3v) is 4.66. The van der Waals surface area contributed by atoms with Gasteiger partial charge in [-0.15, -0.1) is 0 Å². The predicted molar refractivity (Wildman–Crippen MR) is 66.6 cm³/mol. The summed E-state index contributed by atoms with van der Waals surface area (Å²) in [7, 11) is -3.86. The summed E-state index contributed by atoms with van der Waals surface area (Å²) in [5, 5.41) is 9.00. The summed E-state index contributed by atoms with van der Waals surface area (Å²) in [4.78, 5) is 10.5. The predicted octanol–water partition coefficient (Wildman–Crippen LogP) is 1.85. The van der Waals surface area contributed by atoms with Gasteiger partial charge in [0.15, 0.2) is 0 Å². The Kier molecular flexibility index (Phi) is 4.54. The number of halogens is 2. The first-order valence-corrected chi connectivity index (χ1v) is 7.09. The summed E-state index contributed by atoms with van der Waals surface area (Å²) in [6, 6.07) is 2.81. The van der Waals surface area contributed by atoms with Gasteiger partial charge in [-0.25, -0.2) is 8.42 Å². The fourth-order valence-electron chi connectivity index (χ4n) is 0.995. The lowest BCUT2D eigenvalue weighted by Gasteiger charge is -2.10. The number of nitrogens with one attached hydrogen (secondary N) is 1. The standard InChI is InChI=1S/C9H9BrClNO4S/c1-5(9(13)14)12-17(15,16)6-2-3-8(11)7(10)4-6/h2-5,12H,1H3,(H,13,14)/t5-/m1/s1. The lowest BCUT2D eigenvalue weighted by molar-refractivity contribution is -0.138. The van der Waals surface area contributed by atoms with Gasteiger partial charge >= 0.3 is 5.97 Å². The molecule has 1 rings (SSSR count). The van der Waals surface area contributed by atoms with Gasteiger partial charge in [0.1, 0.15) is 6.04 Å². The fourth-order valence-corrected chi connectivity index (χ4v) is 2.87. The van der Waals surface area contributed by atoms with Crippen molar-refractivity contribution in [2.24, 2.45) is 0 Å². The Labute approximate surface area is 112 Å². The molecule has 8 heteroatoms. The maximum atomic E-state index is 11.8. The molecule has 17 heavy (non-hydrogen) atoms. The lowest BCUT2D eigenvalue weighted by Crippen LogP contribution is -2.38. The maximum Gasteiger partial charge on any atom is 0.321 e. The second kappa shape index (κ2) is 5.34. The molecule has 94 valence electrons. The Balaban J connectivity index is 3.05. The largest absolute Gasteiger partial charge is 0.480 e. The third kappa shape index (κ3) is 3.67. The van der Waals surface area contributed by atoms with Crippen LogP contribution in [0.3, 0.4) is 0 Å². The van der Waals surface area contributed by atoms with E-state index in [1.54, 1.807) is 0 Å². The van der Waals surface area contributed by atoms with Crippen LogP contribution in [-0.4, -0.2) is 25.5 Å². The Bertz CT molecular complexity index is 546. The van der Waals surface area contributed by atoms with Crippen molar-refractivity contribution in [2.75, 3.05) is 0 Å². The van der Waals surface area contributed by atoms with Crippen LogP contribution in [0, 0.1) is 0 Å². The van der Waals surface area contributed by atoms with Crippen LogP contribution in [0.5, 0.6) is 0 Å². The monoisotopic (exact) mass is 341 g/mol. The Morgan fingerprint density at radius 1 is 1.53 bits per heavy atom. The summed E-state index contributed by atoms with van der Waals surface area (Å²) >= 11 is 8.82. The topological polar surface area (TPSA) is 83.5 Å². The summed E-state index contributed by atoms with van der Waals surface area (Å²) in [6.45, 7) is 1.24. The molecule has 0 aliphatic heterocycles. The van der Waals surface area contributed by atoms with Crippen molar-refractivity contribution in [3.63, 3.8) is 0 Å². The molecule has 2 N–H and O–H groups in total.